The molecule has 0 aromatic rings. The third kappa shape index (κ3) is 5.38. The molecule has 2 fully saturated rings. The van der Waals surface area contributed by atoms with E-state index >= 15 is 0 Å². The Balaban J connectivity index is 1.79. The molecule has 0 nitrogen and oxygen atoms in total. The Labute approximate surface area is 119 Å². The highest BCUT2D eigenvalue weighted by Crippen LogP contribution is 2.27. The Hall–Kier alpha value is -0.780. The lowest BCUT2D eigenvalue weighted by atomic mass is 9.87. The van der Waals surface area contributed by atoms with Crippen LogP contribution in [0.25, 0.3) is 0 Å². The summed E-state index contributed by atoms with van der Waals surface area (Å²) in [6.45, 7) is 3.99. The van der Waals surface area contributed by atoms with Gasteiger partial charge in [-0.25, -0.2) is 0 Å². The predicted octanol–water partition coefficient (Wildman–Crippen LogP) is 6.21. The average Bonchev–Trinajstić information content (AvgIpc) is 2.48. The summed E-state index contributed by atoms with van der Waals surface area (Å²) in [7, 11) is 0. The van der Waals surface area contributed by atoms with Gasteiger partial charge in [0.15, 0.2) is 0 Å². The summed E-state index contributed by atoms with van der Waals surface area (Å²) in [5.74, 6) is 1.68. The van der Waals surface area contributed by atoms with Gasteiger partial charge in [-0.1, -0.05) is 69.4 Å². The molecule has 19 heavy (non-hydrogen) atoms. The normalized spacial score (nSPS) is 23.9. The van der Waals surface area contributed by atoms with Crippen LogP contribution in [0.4, 0.5) is 0 Å². The smallest absolute Gasteiger partial charge is 0.0101 e. The van der Waals surface area contributed by atoms with Crippen LogP contribution in [0, 0.1) is 11.8 Å². The molecule has 2 rings (SSSR count). The second-order valence-electron chi connectivity index (χ2n) is 6.37. The van der Waals surface area contributed by atoms with Crippen molar-refractivity contribution in [2.45, 2.75) is 70.6 Å². The minimum absolute atomic E-state index is 0.824. The Morgan fingerprint density at radius 2 is 1.42 bits per heavy atom. The third-order valence-corrected chi connectivity index (χ3v) is 4.77. The van der Waals surface area contributed by atoms with Gasteiger partial charge in [0, 0.05) is 0 Å². The topological polar surface area (TPSA) is 0 Å². The second-order valence-corrected chi connectivity index (χ2v) is 6.37. The molecule has 106 valence electrons. The zero-order valence-electron chi connectivity index (χ0n) is 12.4. The van der Waals surface area contributed by atoms with E-state index in [1.54, 1.807) is 0 Å². The maximum absolute atomic E-state index is 3.99. The summed E-state index contributed by atoms with van der Waals surface area (Å²) in [6.07, 6.45) is 24.7. The van der Waals surface area contributed by atoms with E-state index in [4.69, 9.17) is 0 Å². The summed E-state index contributed by atoms with van der Waals surface area (Å²) in [4.78, 5) is 0. The number of rotatable bonds is 5. The molecule has 2 aliphatic carbocycles. The zero-order valence-corrected chi connectivity index (χ0v) is 12.4. The van der Waals surface area contributed by atoms with Crippen molar-refractivity contribution in [1.29, 1.82) is 0 Å². The van der Waals surface area contributed by atoms with Gasteiger partial charge in [-0.15, -0.1) is 0 Å². The molecule has 2 aliphatic rings. The number of hydrogen-bond acceptors (Lipinski definition) is 0. The quantitative estimate of drug-likeness (QED) is 0.406. The van der Waals surface area contributed by atoms with E-state index in [0.717, 1.165) is 18.3 Å². The average molecular weight is 258 g/mol. The fourth-order valence-corrected chi connectivity index (χ4v) is 3.55. The van der Waals surface area contributed by atoms with Crippen LogP contribution in [0.1, 0.15) is 70.6 Å². The predicted molar refractivity (Wildman–Crippen MR) is 85.2 cm³/mol. The molecule has 0 aromatic carbocycles. The number of hydrogen-bond donors (Lipinski definition) is 0. The van der Waals surface area contributed by atoms with Crippen molar-refractivity contribution in [3.05, 3.63) is 36.5 Å². The lowest BCUT2D eigenvalue weighted by Crippen LogP contribution is -2.04. The molecule has 0 saturated heterocycles. The molecular formula is C19H30. The monoisotopic (exact) mass is 258 g/mol. The molecule has 0 amide bonds. The summed E-state index contributed by atoms with van der Waals surface area (Å²) in [5.41, 5.74) is 1.44. The standard InChI is InChI=1S/C19H30/c1-2-17(16-19-12-7-4-8-13-19)14-9-15-18-10-5-3-6-11-18/h2,9,15-16,18-19H,1,3-8,10-14H2/b15-9-,17-16-. The van der Waals surface area contributed by atoms with Crippen LogP contribution in [0.2, 0.25) is 0 Å². The van der Waals surface area contributed by atoms with E-state index in [2.05, 4.69) is 30.9 Å². The number of allylic oxidation sites excluding steroid dienone is 5. The van der Waals surface area contributed by atoms with Gasteiger partial charge in [0.2, 0.25) is 0 Å². The molecule has 0 heterocycles. The van der Waals surface area contributed by atoms with Gasteiger partial charge in [0.25, 0.3) is 0 Å². The first-order valence-corrected chi connectivity index (χ1v) is 8.38. The van der Waals surface area contributed by atoms with Gasteiger partial charge in [-0.05, 0) is 49.5 Å². The van der Waals surface area contributed by atoms with Gasteiger partial charge < -0.3 is 0 Å². The van der Waals surface area contributed by atoms with E-state index in [1.165, 1.54) is 69.8 Å². The minimum atomic E-state index is 0.824. The molecule has 0 aliphatic heterocycles. The van der Waals surface area contributed by atoms with E-state index < -0.39 is 0 Å². The summed E-state index contributed by atoms with van der Waals surface area (Å²) in [6, 6.07) is 0. The fraction of sp³-hybridized carbons (Fsp3) is 0.684. The first kappa shape index (κ1) is 14.6. The van der Waals surface area contributed by atoms with E-state index in [1.807, 2.05) is 0 Å². The van der Waals surface area contributed by atoms with Crippen molar-refractivity contribution in [2.75, 3.05) is 0 Å². The highest BCUT2D eigenvalue weighted by molar-refractivity contribution is 5.20. The molecule has 0 heteroatoms. The molecule has 0 unspecified atom stereocenters. The molecule has 0 radical (unpaired) electrons. The third-order valence-electron chi connectivity index (χ3n) is 4.77. The van der Waals surface area contributed by atoms with Gasteiger partial charge in [0.05, 0.1) is 0 Å². The molecule has 2 saturated carbocycles. The molecular weight excluding hydrogens is 228 g/mol. The van der Waals surface area contributed by atoms with Crippen molar-refractivity contribution in [3.63, 3.8) is 0 Å². The van der Waals surface area contributed by atoms with Crippen molar-refractivity contribution >= 4 is 0 Å². The Kier molecular flexibility index (Phi) is 6.47. The van der Waals surface area contributed by atoms with Crippen LogP contribution in [0.15, 0.2) is 36.5 Å². The Bertz CT molecular complexity index is 309. The van der Waals surface area contributed by atoms with Crippen molar-refractivity contribution in [3.8, 4) is 0 Å². The molecule has 0 spiro atoms. The maximum atomic E-state index is 3.99. The minimum Gasteiger partial charge on any atom is -0.0988 e. The molecule has 0 N–H and O–H groups in total. The van der Waals surface area contributed by atoms with Crippen molar-refractivity contribution < 1.29 is 0 Å². The maximum Gasteiger partial charge on any atom is -0.0101 e. The van der Waals surface area contributed by atoms with Crippen molar-refractivity contribution in [1.82, 2.24) is 0 Å². The lowest BCUT2D eigenvalue weighted by Gasteiger charge is -2.19. The van der Waals surface area contributed by atoms with Crippen LogP contribution in [0.3, 0.4) is 0 Å². The van der Waals surface area contributed by atoms with Crippen LogP contribution in [-0.2, 0) is 0 Å². The highest BCUT2D eigenvalue weighted by atomic mass is 14.2. The van der Waals surface area contributed by atoms with Gasteiger partial charge in [0.1, 0.15) is 0 Å². The molecule has 0 atom stereocenters. The first-order chi connectivity index (χ1) is 9.38. The lowest BCUT2D eigenvalue weighted by molar-refractivity contribution is 0.417. The Morgan fingerprint density at radius 1 is 0.842 bits per heavy atom. The largest absolute Gasteiger partial charge is 0.0988 e. The van der Waals surface area contributed by atoms with Gasteiger partial charge >= 0.3 is 0 Å². The SMILES string of the molecule is C=C/C(=C/C1CCCCC1)C/C=C\C1CCCCC1. The van der Waals surface area contributed by atoms with Crippen LogP contribution < -0.4 is 0 Å². The van der Waals surface area contributed by atoms with E-state index in [9.17, 15) is 0 Å². The highest BCUT2D eigenvalue weighted by Gasteiger charge is 2.11. The van der Waals surface area contributed by atoms with Gasteiger partial charge in [-0.3, -0.25) is 0 Å². The fourth-order valence-electron chi connectivity index (χ4n) is 3.55. The molecule has 0 bridgehead atoms. The van der Waals surface area contributed by atoms with Crippen LogP contribution in [0.5, 0.6) is 0 Å². The Morgan fingerprint density at radius 3 is 2.00 bits per heavy atom. The summed E-state index contributed by atoms with van der Waals surface area (Å²) in [5, 5.41) is 0. The second kappa shape index (κ2) is 8.40. The summed E-state index contributed by atoms with van der Waals surface area (Å²) >= 11 is 0. The summed E-state index contributed by atoms with van der Waals surface area (Å²) < 4.78 is 0. The molecule has 0 aromatic heterocycles. The zero-order chi connectivity index (χ0) is 13.3. The first-order valence-electron chi connectivity index (χ1n) is 8.38. The van der Waals surface area contributed by atoms with Crippen LogP contribution >= 0.6 is 0 Å². The van der Waals surface area contributed by atoms with Gasteiger partial charge in [-0.2, -0.15) is 0 Å². The van der Waals surface area contributed by atoms with Crippen LogP contribution in [-0.4, -0.2) is 0 Å². The van der Waals surface area contributed by atoms with Crippen molar-refractivity contribution in [2.24, 2.45) is 11.8 Å². The van der Waals surface area contributed by atoms with E-state index in [0.29, 0.717) is 0 Å². The van der Waals surface area contributed by atoms with E-state index in [-0.39, 0.29) is 0 Å².